The van der Waals surface area contributed by atoms with Crippen LogP contribution in [-0.4, -0.2) is 29.8 Å². The Morgan fingerprint density at radius 1 is 0.868 bits per heavy atom. The van der Waals surface area contributed by atoms with Crippen molar-refractivity contribution in [3.05, 3.63) is 131 Å². The second-order valence-electron chi connectivity index (χ2n) is 8.54. The van der Waals surface area contributed by atoms with Gasteiger partial charge in [0.2, 0.25) is 0 Å². The maximum Gasteiger partial charge on any atom is 0.343 e. The molecule has 0 atom stereocenters. The molecule has 0 spiro atoms. The van der Waals surface area contributed by atoms with Crippen LogP contribution in [-0.2, 0) is 10.4 Å². The van der Waals surface area contributed by atoms with E-state index in [9.17, 15) is 14.7 Å². The molecule has 1 amide bonds. The number of rotatable bonds is 9. The van der Waals surface area contributed by atoms with Crippen molar-refractivity contribution in [1.29, 1.82) is 0 Å². The number of carbonyl (C=O) groups excluding carboxylic acids is 2. The smallest absolute Gasteiger partial charge is 0.343 e. The van der Waals surface area contributed by atoms with Gasteiger partial charge in [0.25, 0.3) is 5.91 Å². The molecule has 4 aromatic carbocycles. The van der Waals surface area contributed by atoms with Crippen LogP contribution < -0.4 is 14.9 Å². The highest BCUT2D eigenvalue weighted by Gasteiger charge is 2.39. The summed E-state index contributed by atoms with van der Waals surface area (Å²) in [4.78, 5) is 25.8. The van der Waals surface area contributed by atoms with E-state index in [2.05, 4.69) is 10.5 Å². The Hall–Kier alpha value is -4.75. The summed E-state index contributed by atoms with van der Waals surface area (Å²) in [6.45, 7) is 4.11. The summed E-state index contributed by atoms with van der Waals surface area (Å²) in [7, 11) is 0. The molecule has 0 aromatic heterocycles. The lowest BCUT2D eigenvalue weighted by Crippen LogP contribution is -2.43. The zero-order chi connectivity index (χ0) is 27.0. The van der Waals surface area contributed by atoms with Gasteiger partial charge in [-0.2, -0.15) is 5.10 Å². The fraction of sp³-hybridized carbons (Fsp3) is 0.129. The van der Waals surface area contributed by atoms with Crippen molar-refractivity contribution in [2.45, 2.75) is 19.4 Å². The van der Waals surface area contributed by atoms with Crippen molar-refractivity contribution in [3.63, 3.8) is 0 Å². The first-order chi connectivity index (χ1) is 18.4. The Morgan fingerprint density at radius 2 is 1.47 bits per heavy atom. The highest BCUT2D eigenvalue weighted by Crippen LogP contribution is 2.31. The number of ether oxygens (including phenoxy) is 2. The highest BCUT2D eigenvalue weighted by atomic mass is 16.6. The Kier molecular flexibility index (Phi) is 8.30. The molecule has 0 saturated carbocycles. The Balaban J connectivity index is 1.52. The molecule has 192 valence electrons. The summed E-state index contributed by atoms with van der Waals surface area (Å²) in [6, 6.07) is 29.4. The minimum Gasteiger partial charge on any atom is -0.490 e. The van der Waals surface area contributed by atoms with Gasteiger partial charge in [0, 0.05) is 0 Å². The fourth-order valence-electron chi connectivity index (χ4n) is 3.84. The molecular weight excluding hydrogens is 480 g/mol. The zero-order valence-electron chi connectivity index (χ0n) is 21.1. The van der Waals surface area contributed by atoms with Crippen molar-refractivity contribution in [2.75, 3.05) is 6.61 Å². The van der Waals surface area contributed by atoms with Crippen molar-refractivity contribution < 1.29 is 24.2 Å². The topological polar surface area (TPSA) is 97.2 Å². The molecule has 0 fully saturated rings. The second-order valence-corrected chi connectivity index (χ2v) is 8.54. The minimum atomic E-state index is -1.94. The van der Waals surface area contributed by atoms with Crippen LogP contribution in [0.15, 0.2) is 108 Å². The number of hydrogen-bond donors (Lipinski definition) is 2. The minimum absolute atomic E-state index is 0.265. The zero-order valence-corrected chi connectivity index (χ0v) is 21.1. The van der Waals surface area contributed by atoms with E-state index in [1.807, 2.05) is 38.1 Å². The first-order valence-electron chi connectivity index (χ1n) is 12.1. The van der Waals surface area contributed by atoms with Gasteiger partial charge < -0.3 is 14.6 Å². The first-order valence-corrected chi connectivity index (χ1v) is 12.1. The molecule has 0 aliphatic rings. The standard InChI is InChI=1S/C31H28N2O5/c1-3-37-28-20-23(16-19-27(28)38-29(34)24-17-14-22(2)15-18-24)21-32-33-30(35)31(36,25-10-6-4-7-11-25)26-12-8-5-9-13-26/h4-21,36H,3H2,1-2H3,(H,33,35). The summed E-state index contributed by atoms with van der Waals surface area (Å²) < 4.78 is 11.2. The summed E-state index contributed by atoms with van der Waals surface area (Å²) in [6.07, 6.45) is 1.42. The summed E-state index contributed by atoms with van der Waals surface area (Å²) >= 11 is 0. The molecule has 0 heterocycles. The molecule has 0 unspecified atom stereocenters. The third-order valence-electron chi connectivity index (χ3n) is 5.85. The summed E-state index contributed by atoms with van der Waals surface area (Å²) in [5.74, 6) is -0.588. The molecule has 0 saturated heterocycles. The molecule has 0 radical (unpaired) electrons. The molecule has 7 heteroatoms. The number of carbonyl (C=O) groups is 2. The van der Waals surface area contributed by atoms with Crippen molar-refractivity contribution >= 4 is 18.1 Å². The number of amides is 1. The predicted molar refractivity (Wildman–Crippen MR) is 145 cm³/mol. The van der Waals surface area contributed by atoms with E-state index < -0.39 is 17.5 Å². The molecule has 0 bridgehead atoms. The van der Waals surface area contributed by atoms with E-state index in [-0.39, 0.29) is 5.75 Å². The van der Waals surface area contributed by atoms with E-state index in [0.717, 1.165) is 5.56 Å². The Labute approximate surface area is 221 Å². The van der Waals surface area contributed by atoms with Gasteiger partial charge in [0.1, 0.15) is 0 Å². The van der Waals surface area contributed by atoms with Gasteiger partial charge >= 0.3 is 5.97 Å². The number of nitrogens with zero attached hydrogens (tertiary/aromatic N) is 1. The van der Waals surface area contributed by atoms with Gasteiger partial charge in [-0.1, -0.05) is 78.4 Å². The van der Waals surface area contributed by atoms with Crippen LogP contribution in [0.2, 0.25) is 0 Å². The van der Waals surface area contributed by atoms with Crippen molar-refractivity contribution in [3.8, 4) is 11.5 Å². The third-order valence-corrected chi connectivity index (χ3v) is 5.85. The van der Waals surface area contributed by atoms with Crippen LogP contribution >= 0.6 is 0 Å². The first kappa shape index (κ1) is 26.3. The molecule has 4 aromatic rings. The molecule has 0 aliphatic heterocycles. The number of nitrogens with one attached hydrogen (secondary N) is 1. The largest absolute Gasteiger partial charge is 0.490 e. The molecular formula is C31H28N2O5. The van der Waals surface area contributed by atoms with E-state index >= 15 is 0 Å². The molecule has 38 heavy (non-hydrogen) atoms. The van der Waals surface area contributed by atoms with Gasteiger partial charge in [-0.15, -0.1) is 0 Å². The van der Waals surface area contributed by atoms with Gasteiger partial charge in [-0.3, -0.25) is 4.79 Å². The number of aryl methyl sites for hydroxylation is 1. The molecule has 4 rings (SSSR count). The van der Waals surface area contributed by atoms with Gasteiger partial charge in [0.15, 0.2) is 17.1 Å². The number of hydrazone groups is 1. The van der Waals surface area contributed by atoms with E-state index in [0.29, 0.717) is 34.6 Å². The number of aliphatic hydroxyl groups is 1. The lowest BCUT2D eigenvalue weighted by molar-refractivity contribution is -0.136. The highest BCUT2D eigenvalue weighted by molar-refractivity contribution is 5.92. The van der Waals surface area contributed by atoms with Gasteiger partial charge in [0.05, 0.1) is 18.4 Å². The normalized spacial score (nSPS) is 11.2. The maximum atomic E-state index is 13.2. The summed E-state index contributed by atoms with van der Waals surface area (Å²) in [5, 5.41) is 15.6. The lowest BCUT2D eigenvalue weighted by atomic mass is 9.85. The molecule has 7 nitrogen and oxygen atoms in total. The monoisotopic (exact) mass is 508 g/mol. The number of esters is 1. The average molecular weight is 509 g/mol. The van der Waals surface area contributed by atoms with E-state index in [1.54, 1.807) is 78.9 Å². The van der Waals surface area contributed by atoms with E-state index in [4.69, 9.17) is 9.47 Å². The Bertz CT molecular complexity index is 1380. The second kappa shape index (κ2) is 12.0. The predicted octanol–water partition coefficient (Wildman–Crippen LogP) is 5.00. The van der Waals surface area contributed by atoms with Gasteiger partial charge in [-0.25, -0.2) is 10.2 Å². The van der Waals surface area contributed by atoms with Crippen LogP contribution in [0.1, 0.15) is 39.5 Å². The molecule has 0 aliphatic carbocycles. The summed E-state index contributed by atoms with van der Waals surface area (Å²) in [5.41, 5.74) is 3.39. The van der Waals surface area contributed by atoms with Crippen LogP contribution in [0.4, 0.5) is 0 Å². The fourth-order valence-corrected chi connectivity index (χ4v) is 3.84. The number of hydrogen-bond acceptors (Lipinski definition) is 6. The maximum absolute atomic E-state index is 13.2. The van der Waals surface area contributed by atoms with Gasteiger partial charge in [-0.05, 0) is 60.9 Å². The van der Waals surface area contributed by atoms with Crippen molar-refractivity contribution in [1.82, 2.24) is 5.43 Å². The Morgan fingerprint density at radius 3 is 2.05 bits per heavy atom. The molecule has 2 N–H and O–H groups in total. The van der Waals surface area contributed by atoms with Crippen molar-refractivity contribution in [2.24, 2.45) is 5.10 Å². The SMILES string of the molecule is CCOc1cc(C=NNC(=O)C(O)(c2ccccc2)c2ccccc2)ccc1OC(=O)c1ccc(C)cc1. The lowest BCUT2D eigenvalue weighted by Gasteiger charge is -2.27. The quantitative estimate of drug-likeness (QED) is 0.144. The van der Waals surface area contributed by atoms with Crippen LogP contribution in [0.25, 0.3) is 0 Å². The van der Waals surface area contributed by atoms with Crippen LogP contribution in [0.3, 0.4) is 0 Å². The van der Waals surface area contributed by atoms with Crippen LogP contribution in [0.5, 0.6) is 11.5 Å². The average Bonchev–Trinajstić information content (AvgIpc) is 2.95. The number of benzene rings is 4. The third kappa shape index (κ3) is 5.96. The van der Waals surface area contributed by atoms with Crippen LogP contribution in [0, 0.1) is 6.92 Å². The van der Waals surface area contributed by atoms with E-state index in [1.165, 1.54) is 6.21 Å².